The van der Waals surface area contributed by atoms with Crippen LogP contribution in [0.5, 0.6) is 0 Å². The van der Waals surface area contributed by atoms with E-state index in [1.54, 1.807) is 0 Å². The van der Waals surface area contributed by atoms with Crippen molar-refractivity contribution in [1.82, 2.24) is 15.0 Å². The number of fused-ring (bicyclic) bond motifs is 3. The fourth-order valence-electron chi connectivity index (χ4n) is 8.16. The molecular formula is C51H39N3O. The standard InChI is InChI=1S/C51H39N3O/c1-5-16-34(17-6-1)38-24-13-26-40(32-38)42-28-15-29-43-44-30-31-45(46(48(44)55-47(42)43)41-27-14-25-39(33-41)35-18-7-2-8-19-35)51-53-49(36-20-9-3-10-21-36)52-50(54-51)37-22-11-4-12-23-37/h1,3,5-7,9-11,13-23,25-33,38H,2,4,8,12,24H2. The number of allylic oxidation sites excluding steroid dienone is 12. The Hall–Kier alpha value is -6.65. The van der Waals surface area contributed by atoms with Crippen molar-refractivity contribution < 1.29 is 4.42 Å². The highest BCUT2D eigenvalue weighted by molar-refractivity contribution is 6.14. The van der Waals surface area contributed by atoms with E-state index in [4.69, 9.17) is 19.4 Å². The molecule has 1 unspecified atom stereocenters. The average Bonchev–Trinajstić information content (AvgIpc) is 3.66. The summed E-state index contributed by atoms with van der Waals surface area (Å²) in [5.74, 6) is 2.24. The summed E-state index contributed by atoms with van der Waals surface area (Å²) < 4.78 is 7.18. The Morgan fingerprint density at radius 2 is 1.15 bits per heavy atom. The van der Waals surface area contributed by atoms with Gasteiger partial charge in [0.1, 0.15) is 11.2 Å². The van der Waals surface area contributed by atoms with Gasteiger partial charge in [0.05, 0.1) is 0 Å². The summed E-state index contributed by atoms with van der Waals surface area (Å²) >= 11 is 0. The van der Waals surface area contributed by atoms with Gasteiger partial charge in [-0.25, -0.2) is 15.0 Å². The topological polar surface area (TPSA) is 51.8 Å². The summed E-state index contributed by atoms with van der Waals surface area (Å²) in [7, 11) is 0. The summed E-state index contributed by atoms with van der Waals surface area (Å²) in [6.07, 6.45) is 25.4. The highest BCUT2D eigenvalue weighted by atomic mass is 16.3. The minimum atomic E-state index is 0.305. The molecule has 0 aliphatic heterocycles. The van der Waals surface area contributed by atoms with Crippen LogP contribution < -0.4 is 0 Å². The molecule has 2 heterocycles. The van der Waals surface area contributed by atoms with Gasteiger partial charge >= 0.3 is 0 Å². The van der Waals surface area contributed by atoms with E-state index in [2.05, 4.69) is 152 Å². The summed E-state index contributed by atoms with van der Waals surface area (Å²) in [4.78, 5) is 15.4. The molecular weight excluding hydrogens is 671 g/mol. The van der Waals surface area contributed by atoms with Crippen LogP contribution in [0.4, 0.5) is 0 Å². The molecule has 55 heavy (non-hydrogen) atoms. The summed E-state index contributed by atoms with van der Waals surface area (Å²) in [5.41, 5.74) is 12.6. The van der Waals surface area contributed by atoms with Crippen LogP contribution in [0.3, 0.4) is 0 Å². The Morgan fingerprint density at radius 1 is 0.473 bits per heavy atom. The predicted octanol–water partition coefficient (Wildman–Crippen LogP) is 13.4. The van der Waals surface area contributed by atoms with E-state index >= 15 is 0 Å². The average molecular weight is 710 g/mol. The third-order valence-corrected chi connectivity index (χ3v) is 10.9. The van der Waals surface area contributed by atoms with Gasteiger partial charge in [0.25, 0.3) is 0 Å². The van der Waals surface area contributed by atoms with Gasteiger partial charge in [-0.2, -0.15) is 0 Å². The quantitative estimate of drug-likeness (QED) is 0.165. The number of aromatic nitrogens is 3. The number of nitrogens with zero attached hydrogens (tertiary/aromatic N) is 3. The first-order chi connectivity index (χ1) is 27.3. The first-order valence-corrected chi connectivity index (χ1v) is 19.4. The summed E-state index contributed by atoms with van der Waals surface area (Å²) in [6.45, 7) is 0. The fraction of sp³-hybridized carbons (Fsp3) is 0.118. The molecule has 2 aromatic heterocycles. The van der Waals surface area contributed by atoms with Crippen LogP contribution in [0, 0.1) is 0 Å². The van der Waals surface area contributed by atoms with Crippen molar-refractivity contribution in [3.05, 3.63) is 192 Å². The second kappa shape index (κ2) is 14.3. The highest BCUT2D eigenvalue weighted by Crippen LogP contribution is 2.45. The van der Waals surface area contributed by atoms with Crippen molar-refractivity contribution in [1.29, 1.82) is 0 Å². The van der Waals surface area contributed by atoms with E-state index in [1.807, 2.05) is 18.2 Å². The lowest BCUT2D eigenvalue weighted by atomic mass is 9.87. The fourth-order valence-corrected chi connectivity index (χ4v) is 8.16. The van der Waals surface area contributed by atoms with Crippen molar-refractivity contribution in [2.24, 2.45) is 0 Å². The molecule has 264 valence electrons. The maximum atomic E-state index is 7.18. The van der Waals surface area contributed by atoms with Crippen molar-refractivity contribution >= 4 is 38.7 Å². The molecule has 5 aromatic carbocycles. The molecule has 3 aliphatic rings. The third-order valence-electron chi connectivity index (χ3n) is 10.9. The molecule has 0 saturated heterocycles. The number of rotatable bonds is 7. The normalized spacial score (nSPS) is 16.7. The molecule has 10 rings (SSSR count). The van der Waals surface area contributed by atoms with Gasteiger partial charge in [-0.15, -0.1) is 0 Å². The number of para-hydroxylation sites is 1. The molecule has 0 amide bonds. The molecule has 0 N–H and O–H groups in total. The molecule has 0 fully saturated rings. The second-order valence-electron chi connectivity index (χ2n) is 14.5. The zero-order chi connectivity index (χ0) is 36.6. The molecule has 0 saturated carbocycles. The molecule has 0 radical (unpaired) electrons. The second-order valence-corrected chi connectivity index (χ2v) is 14.5. The lowest BCUT2D eigenvalue weighted by Gasteiger charge is -2.17. The molecule has 4 nitrogen and oxygen atoms in total. The van der Waals surface area contributed by atoms with Gasteiger partial charge in [0, 0.05) is 44.5 Å². The Bertz CT molecular complexity index is 2780. The Balaban J connectivity index is 1.22. The van der Waals surface area contributed by atoms with Crippen LogP contribution in [0.25, 0.3) is 72.6 Å². The monoisotopic (exact) mass is 709 g/mol. The van der Waals surface area contributed by atoms with E-state index in [9.17, 15) is 0 Å². The van der Waals surface area contributed by atoms with Crippen LogP contribution in [0.2, 0.25) is 0 Å². The van der Waals surface area contributed by atoms with Crippen molar-refractivity contribution in [3.8, 4) is 33.9 Å². The van der Waals surface area contributed by atoms with E-state index in [0.717, 1.165) is 87.4 Å². The van der Waals surface area contributed by atoms with Gasteiger partial charge in [-0.1, -0.05) is 152 Å². The summed E-state index contributed by atoms with van der Waals surface area (Å²) in [6, 6.07) is 40.7. The van der Waals surface area contributed by atoms with Gasteiger partial charge in [-0.3, -0.25) is 0 Å². The number of hydrogen-bond donors (Lipinski definition) is 0. The smallest absolute Gasteiger partial charge is 0.164 e. The number of benzene rings is 5. The largest absolute Gasteiger partial charge is 0.455 e. The van der Waals surface area contributed by atoms with E-state index in [0.29, 0.717) is 23.4 Å². The first-order valence-electron chi connectivity index (χ1n) is 19.4. The molecule has 0 bridgehead atoms. The first kappa shape index (κ1) is 33.0. The van der Waals surface area contributed by atoms with Crippen LogP contribution >= 0.6 is 0 Å². The molecule has 1 atom stereocenters. The van der Waals surface area contributed by atoms with Crippen LogP contribution in [-0.4, -0.2) is 15.0 Å². The molecule has 0 spiro atoms. The van der Waals surface area contributed by atoms with Crippen molar-refractivity contribution in [2.45, 2.75) is 38.0 Å². The van der Waals surface area contributed by atoms with E-state index in [1.165, 1.54) is 22.3 Å². The van der Waals surface area contributed by atoms with Crippen LogP contribution in [0.15, 0.2) is 174 Å². The summed E-state index contributed by atoms with van der Waals surface area (Å²) in [5, 5.41) is 2.15. The Labute approximate surface area is 321 Å². The highest BCUT2D eigenvalue weighted by Gasteiger charge is 2.24. The third kappa shape index (κ3) is 6.30. The number of furan rings is 1. The molecule has 7 aromatic rings. The zero-order valence-corrected chi connectivity index (χ0v) is 30.5. The molecule has 3 aliphatic carbocycles. The minimum absolute atomic E-state index is 0.305. The van der Waals surface area contributed by atoms with E-state index in [-0.39, 0.29) is 0 Å². The van der Waals surface area contributed by atoms with Crippen LogP contribution in [0.1, 0.15) is 60.5 Å². The number of hydrogen-bond acceptors (Lipinski definition) is 4. The van der Waals surface area contributed by atoms with E-state index < -0.39 is 0 Å². The lowest BCUT2D eigenvalue weighted by molar-refractivity contribution is 0.668. The molecule has 4 heteroatoms. The Kier molecular flexibility index (Phi) is 8.57. The zero-order valence-electron chi connectivity index (χ0n) is 30.5. The maximum Gasteiger partial charge on any atom is 0.164 e. The van der Waals surface area contributed by atoms with Gasteiger partial charge < -0.3 is 4.42 Å². The van der Waals surface area contributed by atoms with Gasteiger partial charge in [0.2, 0.25) is 0 Å². The Morgan fingerprint density at radius 3 is 1.95 bits per heavy atom. The van der Waals surface area contributed by atoms with Gasteiger partial charge in [-0.05, 0) is 78.1 Å². The predicted molar refractivity (Wildman–Crippen MR) is 227 cm³/mol. The minimum Gasteiger partial charge on any atom is -0.455 e. The van der Waals surface area contributed by atoms with Crippen molar-refractivity contribution in [3.63, 3.8) is 0 Å². The van der Waals surface area contributed by atoms with Crippen LogP contribution in [-0.2, 0) is 0 Å². The van der Waals surface area contributed by atoms with Gasteiger partial charge in [0.15, 0.2) is 17.5 Å². The lowest BCUT2D eigenvalue weighted by Crippen LogP contribution is -2.04. The van der Waals surface area contributed by atoms with Crippen molar-refractivity contribution in [2.75, 3.05) is 0 Å². The maximum absolute atomic E-state index is 7.18. The SMILES string of the molecule is C1=CC(c2cccc(-c3c(-c4nc(C5=CCCC=C5)nc(-c5ccccc5)n4)ccc4c3oc3c(C5=CC(c6ccccc6)CC=C5)cccc34)c2)=CCC1.